The molecule has 2 fully saturated rings. The SMILES string of the molecule is C=C1C(O)CCC2C1(C)CCC(C)C2(C)CCc1ccoc1. The Kier molecular flexibility index (Phi) is 4.01. The Labute approximate surface area is 134 Å². The van der Waals surface area contributed by atoms with Gasteiger partial charge < -0.3 is 9.52 Å². The zero-order valence-corrected chi connectivity index (χ0v) is 14.3. The van der Waals surface area contributed by atoms with E-state index in [0.717, 1.165) is 30.8 Å². The van der Waals surface area contributed by atoms with E-state index >= 15 is 0 Å². The highest BCUT2D eigenvalue weighted by atomic mass is 16.3. The Hall–Kier alpha value is -1.02. The minimum atomic E-state index is -0.298. The third-order valence-electron chi connectivity index (χ3n) is 7.18. The summed E-state index contributed by atoms with van der Waals surface area (Å²) in [5.41, 5.74) is 2.81. The monoisotopic (exact) mass is 302 g/mol. The predicted octanol–water partition coefficient (Wildman–Crippen LogP) is 4.98. The fourth-order valence-electron chi connectivity index (χ4n) is 5.27. The van der Waals surface area contributed by atoms with E-state index in [1.165, 1.54) is 24.8 Å². The lowest BCUT2D eigenvalue weighted by Crippen LogP contribution is -2.52. The topological polar surface area (TPSA) is 33.4 Å². The zero-order chi connectivity index (χ0) is 16.0. The van der Waals surface area contributed by atoms with Crippen molar-refractivity contribution in [2.45, 2.75) is 65.4 Å². The first-order valence-corrected chi connectivity index (χ1v) is 8.76. The van der Waals surface area contributed by atoms with Gasteiger partial charge in [-0.1, -0.05) is 27.4 Å². The molecule has 22 heavy (non-hydrogen) atoms. The Morgan fingerprint density at radius 1 is 1.32 bits per heavy atom. The number of aliphatic hydroxyl groups excluding tert-OH is 1. The Bertz CT molecular complexity index is 532. The Balaban J connectivity index is 1.85. The lowest BCUT2D eigenvalue weighted by atomic mass is 9.46. The second-order valence-electron chi connectivity index (χ2n) is 8.17. The van der Waals surface area contributed by atoms with Gasteiger partial charge in [0.15, 0.2) is 0 Å². The summed E-state index contributed by atoms with van der Waals surface area (Å²) in [5.74, 6) is 1.35. The van der Waals surface area contributed by atoms with E-state index in [-0.39, 0.29) is 11.5 Å². The summed E-state index contributed by atoms with van der Waals surface area (Å²) in [6.07, 6.45) is 10.0. The van der Waals surface area contributed by atoms with Crippen LogP contribution < -0.4 is 0 Å². The molecule has 5 atom stereocenters. The summed E-state index contributed by atoms with van der Waals surface area (Å²) in [4.78, 5) is 0. The molecule has 1 N–H and O–H groups in total. The van der Waals surface area contributed by atoms with Gasteiger partial charge in [-0.25, -0.2) is 0 Å². The number of furan rings is 1. The molecule has 2 saturated carbocycles. The summed E-state index contributed by atoms with van der Waals surface area (Å²) in [7, 11) is 0. The van der Waals surface area contributed by atoms with Crippen molar-refractivity contribution >= 4 is 0 Å². The molecular formula is C20H30O2. The van der Waals surface area contributed by atoms with E-state index in [4.69, 9.17) is 4.42 Å². The molecule has 122 valence electrons. The minimum Gasteiger partial charge on any atom is -0.472 e. The van der Waals surface area contributed by atoms with E-state index in [1.54, 1.807) is 6.26 Å². The molecular weight excluding hydrogens is 272 g/mol. The maximum absolute atomic E-state index is 10.3. The third-order valence-corrected chi connectivity index (χ3v) is 7.18. The quantitative estimate of drug-likeness (QED) is 0.799. The fraction of sp³-hybridized carbons (Fsp3) is 0.700. The molecule has 0 amide bonds. The lowest BCUT2D eigenvalue weighted by Gasteiger charge is -2.59. The molecule has 0 saturated heterocycles. The Morgan fingerprint density at radius 2 is 2.09 bits per heavy atom. The van der Waals surface area contributed by atoms with Gasteiger partial charge in [0.25, 0.3) is 0 Å². The van der Waals surface area contributed by atoms with Gasteiger partial charge in [0.05, 0.1) is 18.6 Å². The number of rotatable bonds is 3. The van der Waals surface area contributed by atoms with E-state index in [9.17, 15) is 5.11 Å². The number of aryl methyl sites for hydroxylation is 1. The van der Waals surface area contributed by atoms with Crippen molar-refractivity contribution in [3.63, 3.8) is 0 Å². The van der Waals surface area contributed by atoms with Gasteiger partial charge in [0.2, 0.25) is 0 Å². The lowest BCUT2D eigenvalue weighted by molar-refractivity contribution is -0.0731. The zero-order valence-electron chi connectivity index (χ0n) is 14.3. The molecule has 0 bridgehead atoms. The number of fused-ring (bicyclic) bond motifs is 1. The summed E-state index contributed by atoms with van der Waals surface area (Å²) >= 11 is 0. The molecule has 0 spiro atoms. The molecule has 2 aliphatic rings. The first-order chi connectivity index (χ1) is 10.4. The van der Waals surface area contributed by atoms with Crippen molar-refractivity contribution in [3.8, 4) is 0 Å². The summed E-state index contributed by atoms with van der Waals surface area (Å²) in [6, 6.07) is 2.08. The molecule has 1 aromatic rings. The van der Waals surface area contributed by atoms with Crippen molar-refractivity contribution in [3.05, 3.63) is 36.3 Å². The molecule has 0 aromatic carbocycles. The van der Waals surface area contributed by atoms with E-state index in [2.05, 4.69) is 33.4 Å². The average molecular weight is 302 g/mol. The van der Waals surface area contributed by atoms with Crippen LogP contribution in [-0.4, -0.2) is 11.2 Å². The maximum atomic E-state index is 10.3. The molecule has 2 aliphatic carbocycles. The first kappa shape index (κ1) is 15.9. The van der Waals surface area contributed by atoms with Crippen LogP contribution in [0.2, 0.25) is 0 Å². The van der Waals surface area contributed by atoms with Gasteiger partial charge in [-0.3, -0.25) is 0 Å². The van der Waals surface area contributed by atoms with Gasteiger partial charge >= 0.3 is 0 Å². The van der Waals surface area contributed by atoms with Crippen LogP contribution in [0.25, 0.3) is 0 Å². The van der Waals surface area contributed by atoms with Crippen LogP contribution in [-0.2, 0) is 6.42 Å². The van der Waals surface area contributed by atoms with Crippen LogP contribution in [0.15, 0.2) is 35.2 Å². The molecule has 0 aliphatic heterocycles. The summed E-state index contributed by atoms with van der Waals surface area (Å²) < 4.78 is 5.22. The van der Waals surface area contributed by atoms with Crippen LogP contribution in [0.5, 0.6) is 0 Å². The second kappa shape index (κ2) is 5.56. The third kappa shape index (κ3) is 2.36. The number of hydrogen-bond donors (Lipinski definition) is 1. The van der Waals surface area contributed by atoms with Gasteiger partial charge in [-0.15, -0.1) is 0 Å². The van der Waals surface area contributed by atoms with Crippen molar-refractivity contribution in [1.29, 1.82) is 0 Å². The van der Waals surface area contributed by atoms with Crippen LogP contribution in [0.4, 0.5) is 0 Å². The highest BCUT2D eigenvalue weighted by molar-refractivity contribution is 5.23. The summed E-state index contributed by atoms with van der Waals surface area (Å²) in [5, 5.41) is 10.3. The summed E-state index contributed by atoms with van der Waals surface area (Å²) in [6.45, 7) is 11.5. The second-order valence-corrected chi connectivity index (χ2v) is 8.17. The molecule has 1 heterocycles. The minimum absolute atomic E-state index is 0.106. The molecule has 2 nitrogen and oxygen atoms in total. The van der Waals surface area contributed by atoms with Gasteiger partial charge in [0, 0.05) is 0 Å². The highest BCUT2D eigenvalue weighted by Crippen LogP contribution is 2.62. The molecule has 5 unspecified atom stereocenters. The van der Waals surface area contributed by atoms with Crippen molar-refractivity contribution < 1.29 is 9.52 Å². The smallest absolute Gasteiger partial charge is 0.0934 e. The van der Waals surface area contributed by atoms with Crippen LogP contribution >= 0.6 is 0 Å². The van der Waals surface area contributed by atoms with E-state index in [1.807, 2.05) is 6.26 Å². The fourth-order valence-corrected chi connectivity index (χ4v) is 5.27. The standard InChI is InChI=1S/C20H30O2/c1-14-7-10-20(4)15(2)17(21)5-6-18(20)19(14,3)11-8-16-9-12-22-13-16/h9,12-14,17-18,21H,2,5-8,10-11H2,1,3-4H3. The largest absolute Gasteiger partial charge is 0.472 e. The van der Waals surface area contributed by atoms with Crippen molar-refractivity contribution in [1.82, 2.24) is 0 Å². The maximum Gasteiger partial charge on any atom is 0.0934 e. The van der Waals surface area contributed by atoms with Crippen LogP contribution in [0, 0.1) is 22.7 Å². The first-order valence-electron chi connectivity index (χ1n) is 8.76. The Morgan fingerprint density at radius 3 is 2.77 bits per heavy atom. The molecule has 2 heteroatoms. The molecule has 3 rings (SSSR count). The molecule has 0 radical (unpaired) electrons. The molecule has 1 aromatic heterocycles. The predicted molar refractivity (Wildman–Crippen MR) is 89.5 cm³/mol. The van der Waals surface area contributed by atoms with Crippen LogP contribution in [0.3, 0.4) is 0 Å². The van der Waals surface area contributed by atoms with Gasteiger partial charge in [-0.2, -0.15) is 0 Å². The van der Waals surface area contributed by atoms with Crippen molar-refractivity contribution in [2.24, 2.45) is 22.7 Å². The highest BCUT2D eigenvalue weighted by Gasteiger charge is 2.55. The number of aliphatic hydroxyl groups is 1. The number of hydrogen-bond acceptors (Lipinski definition) is 2. The average Bonchev–Trinajstić information content (AvgIpc) is 3.00. The van der Waals surface area contributed by atoms with Gasteiger partial charge in [0.1, 0.15) is 0 Å². The van der Waals surface area contributed by atoms with Crippen LogP contribution in [0.1, 0.15) is 58.4 Å². The normalized spacial score (nSPS) is 42.2. The van der Waals surface area contributed by atoms with Gasteiger partial charge in [-0.05, 0) is 78.4 Å². The van der Waals surface area contributed by atoms with E-state index in [0.29, 0.717) is 11.3 Å². The van der Waals surface area contributed by atoms with Crippen molar-refractivity contribution in [2.75, 3.05) is 0 Å². The van der Waals surface area contributed by atoms with E-state index < -0.39 is 0 Å².